The Hall–Kier alpha value is -1.29. The van der Waals surface area contributed by atoms with E-state index >= 15 is 0 Å². The highest BCUT2D eigenvalue weighted by molar-refractivity contribution is 5.28. The second-order valence-electron chi connectivity index (χ2n) is 3.72. The monoisotopic (exact) mass is 230 g/mol. The molecule has 0 radical (unpaired) electrons. The number of rotatable bonds is 3. The van der Waals surface area contributed by atoms with E-state index in [1.165, 1.54) is 24.3 Å². The Labute approximate surface area is 92.2 Å². The highest BCUT2D eigenvalue weighted by atomic mass is 19.4. The van der Waals surface area contributed by atoms with Crippen molar-refractivity contribution in [3.05, 3.63) is 48.0 Å². The molecule has 4 heteroatoms. The molecule has 0 heterocycles. The molecular formula is C12H13F3O. The summed E-state index contributed by atoms with van der Waals surface area (Å²) < 4.78 is 38.3. The third-order valence-corrected chi connectivity index (χ3v) is 2.44. The van der Waals surface area contributed by atoms with Gasteiger partial charge in [0.05, 0.1) is 0 Å². The Bertz CT molecular complexity index is 367. The SMILES string of the molecule is C=CCC(O)(c1ccc(C)cc1)C(F)(F)F. The molecule has 0 aliphatic heterocycles. The Kier molecular flexibility index (Phi) is 3.43. The number of hydrogen-bond acceptors (Lipinski definition) is 1. The van der Waals surface area contributed by atoms with E-state index in [-0.39, 0.29) is 5.56 Å². The predicted octanol–water partition coefficient (Wildman–Crippen LogP) is 3.32. The molecule has 1 atom stereocenters. The predicted molar refractivity (Wildman–Crippen MR) is 55.9 cm³/mol. The molecule has 0 aliphatic rings. The number of halogens is 3. The van der Waals surface area contributed by atoms with Crippen LogP contribution in [0.2, 0.25) is 0 Å². The second kappa shape index (κ2) is 4.29. The summed E-state index contributed by atoms with van der Waals surface area (Å²) in [6.07, 6.45) is -4.21. The molecular weight excluding hydrogens is 217 g/mol. The van der Waals surface area contributed by atoms with E-state index in [1.807, 2.05) is 0 Å². The van der Waals surface area contributed by atoms with Gasteiger partial charge in [-0.1, -0.05) is 35.9 Å². The van der Waals surface area contributed by atoms with Gasteiger partial charge in [0.15, 0.2) is 5.60 Å². The van der Waals surface area contributed by atoms with Crippen LogP contribution in [0.15, 0.2) is 36.9 Å². The van der Waals surface area contributed by atoms with Crippen LogP contribution in [0.25, 0.3) is 0 Å². The molecule has 0 aromatic heterocycles. The molecule has 1 nitrogen and oxygen atoms in total. The van der Waals surface area contributed by atoms with Gasteiger partial charge in [-0.2, -0.15) is 13.2 Å². The van der Waals surface area contributed by atoms with Crippen molar-refractivity contribution in [2.75, 3.05) is 0 Å². The van der Waals surface area contributed by atoms with Gasteiger partial charge >= 0.3 is 6.18 Å². The zero-order valence-corrected chi connectivity index (χ0v) is 8.88. The average molecular weight is 230 g/mol. The standard InChI is InChI=1S/C12H13F3O/c1-3-8-11(16,12(13,14)15)10-6-4-9(2)5-7-10/h3-7,16H,1,8H2,2H3. The van der Waals surface area contributed by atoms with Gasteiger partial charge in [-0.3, -0.25) is 0 Å². The lowest BCUT2D eigenvalue weighted by Gasteiger charge is -2.30. The van der Waals surface area contributed by atoms with E-state index in [2.05, 4.69) is 6.58 Å². The Balaban J connectivity index is 3.21. The number of aryl methyl sites for hydroxylation is 1. The van der Waals surface area contributed by atoms with Crippen molar-refractivity contribution in [3.8, 4) is 0 Å². The van der Waals surface area contributed by atoms with Crippen molar-refractivity contribution in [2.24, 2.45) is 0 Å². The molecule has 1 rings (SSSR count). The first kappa shape index (κ1) is 12.8. The van der Waals surface area contributed by atoms with Crippen LogP contribution in [0, 0.1) is 6.92 Å². The largest absolute Gasteiger partial charge is 0.421 e. The fourth-order valence-electron chi connectivity index (χ4n) is 1.44. The molecule has 0 saturated heterocycles. The first-order chi connectivity index (χ1) is 7.31. The molecule has 0 fully saturated rings. The summed E-state index contributed by atoms with van der Waals surface area (Å²) in [6, 6.07) is 5.64. The first-order valence-electron chi connectivity index (χ1n) is 4.78. The molecule has 0 saturated carbocycles. The van der Waals surface area contributed by atoms with Gasteiger partial charge in [-0.25, -0.2) is 0 Å². The average Bonchev–Trinajstić information content (AvgIpc) is 2.17. The summed E-state index contributed by atoms with van der Waals surface area (Å²) in [7, 11) is 0. The fraction of sp³-hybridized carbons (Fsp3) is 0.333. The third kappa shape index (κ3) is 2.27. The molecule has 88 valence electrons. The lowest BCUT2D eigenvalue weighted by Crippen LogP contribution is -2.41. The molecule has 1 aromatic rings. The highest BCUT2D eigenvalue weighted by Gasteiger charge is 2.53. The van der Waals surface area contributed by atoms with Gasteiger partial charge in [-0.05, 0) is 12.5 Å². The molecule has 0 bridgehead atoms. The van der Waals surface area contributed by atoms with Crippen molar-refractivity contribution in [3.63, 3.8) is 0 Å². The topological polar surface area (TPSA) is 20.2 Å². The Morgan fingerprint density at radius 3 is 2.12 bits per heavy atom. The quantitative estimate of drug-likeness (QED) is 0.790. The first-order valence-corrected chi connectivity index (χ1v) is 4.78. The van der Waals surface area contributed by atoms with E-state index in [9.17, 15) is 18.3 Å². The summed E-state index contributed by atoms with van der Waals surface area (Å²) in [5.74, 6) is 0. The minimum atomic E-state index is -4.71. The van der Waals surface area contributed by atoms with Crippen LogP contribution in [-0.2, 0) is 5.60 Å². The van der Waals surface area contributed by atoms with Crippen molar-refractivity contribution in [1.82, 2.24) is 0 Å². The summed E-state index contributed by atoms with van der Waals surface area (Å²) in [4.78, 5) is 0. The maximum Gasteiger partial charge on any atom is 0.421 e. The molecule has 0 spiro atoms. The number of alkyl halides is 3. The van der Waals surface area contributed by atoms with Crippen LogP contribution in [-0.4, -0.2) is 11.3 Å². The van der Waals surface area contributed by atoms with Crippen LogP contribution < -0.4 is 0 Å². The smallest absolute Gasteiger partial charge is 0.376 e. The minimum absolute atomic E-state index is 0.162. The summed E-state index contributed by atoms with van der Waals surface area (Å²) in [5.41, 5.74) is -2.17. The van der Waals surface area contributed by atoms with E-state index in [1.54, 1.807) is 6.92 Å². The van der Waals surface area contributed by atoms with Gasteiger partial charge in [-0.15, -0.1) is 6.58 Å². The van der Waals surface area contributed by atoms with Crippen molar-refractivity contribution >= 4 is 0 Å². The Morgan fingerprint density at radius 1 is 1.25 bits per heavy atom. The van der Waals surface area contributed by atoms with Crippen LogP contribution in [0.4, 0.5) is 13.2 Å². The summed E-state index contributed by atoms with van der Waals surface area (Å²) in [5, 5.41) is 9.71. The van der Waals surface area contributed by atoms with Gasteiger partial charge in [0, 0.05) is 6.42 Å². The number of benzene rings is 1. The van der Waals surface area contributed by atoms with E-state index in [0.717, 1.165) is 11.6 Å². The van der Waals surface area contributed by atoms with Crippen LogP contribution in [0.3, 0.4) is 0 Å². The second-order valence-corrected chi connectivity index (χ2v) is 3.72. The number of hydrogen-bond donors (Lipinski definition) is 1. The summed E-state index contributed by atoms with van der Waals surface area (Å²) >= 11 is 0. The van der Waals surface area contributed by atoms with Gasteiger partial charge < -0.3 is 5.11 Å². The maximum absolute atomic E-state index is 12.8. The molecule has 1 aromatic carbocycles. The third-order valence-electron chi connectivity index (χ3n) is 2.44. The summed E-state index contributed by atoms with van der Waals surface area (Å²) in [6.45, 7) is 5.01. The van der Waals surface area contributed by atoms with Crippen LogP contribution >= 0.6 is 0 Å². The molecule has 1 N–H and O–H groups in total. The van der Waals surface area contributed by atoms with E-state index in [0.29, 0.717) is 0 Å². The van der Waals surface area contributed by atoms with Crippen LogP contribution in [0.5, 0.6) is 0 Å². The van der Waals surface area contributed by atoms with Gasteiger partial charge in [0.2, 0.25) is 0 Å². The number of aliphatic hydroxyl groups is 1. The lowest BCUT2D eigenvalue weighted by molar-refractivity contribution is -0.265. The molecule has 16 heavy (non-hydrogen) atoms. The van der Waals surface area contributed by atoms with Crippen molar-refractivity contribution in [1.29, 1.82) is 0 Å². The van der Waals surface area contributed by atoms with Crippen molar-refractivity contribution < 1.29 is 18.3 Å². The van der Waals surface area contributed by atoms with E-state index in [4.69, 9.17) is 0 Å². The maximum atomic E-state index is 12.8. The highest BCUT2D eigenvalue weighted by Crippen LogP contribution is 2.41. The molecule has 0 amide bonds. The lowest BCUT2D eigenvalue weighted by atomic mass is 9.89. The molecule has 1 unspecified atom stereocenters. The van der Waals surface area contributed by atoms with Gasteiger partial charge in [0.1, 0.15) is 0 Å². The normalized spacial score (nSPS) is 15.6. The van der Waals surface area contributed by atoms with Crippen molar-refractivity contribution in [2.45, 2.75) is 25.1 Å². The molecule has 0 aliphatic carbocycles. The Morgan fingerprint density at radius 2 is 1.75 bits per heavy atom. The zero-order chi connectivity index (χ0) is 12.4. The van der Waals surface area contributed by atoms with Crippen LogP contribution in [0.1, 0.15) is 17.5 Å². The fourth-order valence-corrected chi connectivity index (χ4v) is 1.44. The zero-order valence-electron chi connectivity index (χ0n) is 8.88. The van der Waals surface area contributed by atoms with E-state index < -0.39 is 18.2 Å². The minimum Gasteiger partial charge on any atom is -0.376 e. The van der Waals surface area contributed by atoms with Gasteiger partial charge in [0.25, 0.3) is 0 Å².